The minimum Gasteiger partial charge on any atom is -0.379 e. The van der Waals surface area contributed by atoms with Crippen LogP contribution < -0.4 is 0 Å². The number of hydrogen-bond acceptors (Lipinski definition) is 4. The molecule has 0 amide bonds. The van der Waals surface area contributed by atoms with Crippen molar-refractivity contribution in [2.75, 3.05) is 32.8 Å². The predicted molar refractivity (Wildman–Crippen MR) is 140 cm³/mol. The smallest absolute Gasteiger partial charge is 0.137 e. The number of para-hydroxylation sites is 1. The van der Waals surface area contributed by atoms with Crippen LogP contribution >= 0.6 is 0 Å². The molecule has 0 aliphatic carbocycles. The maximum atomic E-state index is 12.6. The average molecular weight is 468 g/mol. The van der Waals surface area contributed by atoms with Crippen LogP contribution in [0, 0.1) is 6.92 Å². The lowest BCUT2D eigenvalue weighted by molar-refractivity contribution is -0.118. The molecular formula is C30H33N3O2. The molecule has 4 aromatic rings. The summed E-state index contributed by atoms with van der Waals surface area (Å²) in [6.45, 7) is 6.72. The normalized spacial score (nSPS) is 14.4. The van der Waals surface area contributed by atoms with Crippen LogP contribution in [0.25, 0.3) is 16.6 Å². The molecule has 0 unspecified atom stereocenters. The Labute approximate surface area is 207 Å². The summed E-state index contributed by atoms with van der Waals surface area (Å²) >= 11 is 0. The number of Topliss-reactive ketones (excluding diaryl/α,β-unsaturated/α-hetero) is 1. The van der Waals surface area contributed by atoms with Gasteiger partial charge in [-0.05, 0) is 60.7 Å². The Bertz CT molecular complexity index is 1270. The summed E-state index contributed by atoms with van der Waals surface area (Å²) < 4.78 is 7.76. The summed E-state index contributed by atoms with van der Waals surface area (Å²) in [6, 6.07) is 21.1. The number of aromatic nitrogens is 2. The fourth-order valence-electron chi connectivity index (χ4n) is 4.79. The molecule has 2 aromatic carbocycles. The summed E-state index contributed by atoms with van der Waals surface area (Å²) in [6.07, 6.45) is 6.93. The Morgan fingerprint density at radius 3 is 2.49 bits per heavy atom. The maximum absolute atomic E-state index is 12.6. The van der Waals surface area contributed by atoms with Crippen molar-refractivity contribution in [3.05, 3.63) is 95.4 Å². The van der Waals surface area contributed by atoms with Crippen molar-refractivity contribution in [1.82, 2.24) is 14.5 Å². The van der Waals surface area contributed by atoms with Gasteiger partial charge >= 0.3 is 0 Å². The third-order valence-corrected chi connectivity index (χ3v) is 6.88. The topological polar surface area (TPSA) is 47.4 Å². The standard InChI is InChI=1S/C30H33N3O2/c1-23-6-7-25(21-31-23)10-13-28(34)20-24-8-11-27(12-9-24)33-22-26(29-4-2-3-5-30(29)33)14-15-32-16-18-35-19-17-32/h2-9,11-12,21-22H,10,13-20H2,1H3. The van der Waals surface area contributed by atoms with Gasteiger partial charge in [0.25, 0.3) is 0 Å². The molecular weight excluding hydrogens is 434 g/mol. The van der Waals surface area contributed by atoms with Crippen LogP contribution in [0.1, 0.15) is 28.8 Å². The van der Waals surface area contributed by atoms with E-state index in [1.165, 1.54) is 16.5 Å². The number of nitrogens with zero attached hydrogens (tertiary/aromatic N) is 3. The highest BCUT2D eigenvalue weighted by atomic mass is 16.5. The van der Waals surface area contributed by atoms with E-state index in [2.05, 4.69) is 75.2 Å². The predicted octanol–water partition coefficient (Wildman–Crippen LogP) is 4.95. The first-order valence-electron chi connectivity index (χ1n) is 12.6. The van der Waals surface area contributed by atoms with E-state index in [-0.39, 0.29) is 5.78 Å². The van der Waals surface area contributed by atoms with Gasteiger partial charge in [-0.1, -0.05) is 36.4 Å². The lowest BCUT2D eigenvalue weighted by Gasteiger charge is -2.26. The molecule has 0 bridgehead atoms. The zero-order valence-corrected chi connectivity index (χ0v) is 20.5. The van der Waals surface area contributed by atoms with Gasteiger partial charge in [0.2, 0.25) is 0 Å². The third kappa shape index (κ3) is 5.87. The van der Waals surface area contributed by atoms with Gasteiger partial charge in [0.1, 0.15) is 5.78 Å². The van der Waals surface area contributed by atoms with E-state index >= 15 is 0 Å². The van der Waals surface area contributed by atoms with Crippen LogP contribution in [-0.2, 0) is 28.8 Å². The van der Waals surface area contributed by atoms with Crippen LogP contribution in [0.4, 0.5) is 0 Å². The van der Waals surface area contributed by atoms with E-state index in [0.29, 0.717) is 12.8 Å². The molecule has 0 N–H and O–H groups in total. The summed E-state index contributed by atoms with van der Waals surface area (Å²) in [5, 5.41) is 1.31. The van der Waals surface area contributed by atoms with Gasteiger partial charge in [-0.2, -0.15) is 0 Å². The van der Waals surface area contributed by atoms with Crippen LogP contribution in [0.2, 0.25) is 0 Å². The molecule has 0 saturated carbocycles. The van der Waals surface area contributed by atoms with E-state index in [1.54, 1.807) is 0 Å². The van der Waals surface area contributed by atoms with Gasteiger partial charge in [0.05, 0.1) is 18.7 Å². The SMILES string of the molecule is Cc1ccc(CCC(=O)Cc2ccc(-n3cc(CCN4CCOCC4)c4ccccc43)cc2)cn1. The summed E-state index contributed by atoms with van der Waals surface area (Å²) in [7, 11) is 0. The molecule has 5 nitrogen and oxygen atoms in total. The summed E-state index contributed by atoms with van der Waals surface area (Å²) in [4.78, 5) is 19.4. The highest BCUT2D eigenvalue weighted by Gasteiger charge is 2.14. The molecule has 35 heavy (non-hydrogen) atoms. The van der Waals surface area contributed by atoms with Crippen molar-refractivity contribution >= 4 is 16.7 Å². The van der Waals surface area contributed by atoms with Gasteiger partial charge < -0.3 is 9.30 Å². The first kappa shape index (κ1) is 23.5. The zero-order chi connectivity index (χ0) is 24.0. The highest BCUT2D eigenvalue weighted by Crippen LogP contribution is 2.26. The van der Waals surface area contributed by atoms with E-state index in [4.69, 9.17) is 4.74 Å². The first-order chi connectivity index (χ1) is 17.2. The number of carbonyl (C=O) groups excluding carboxylic acids is 1. The molecule has 1 aliphatic rings. The zero-order valence-electron chi connectivity index (χ0n) is 20.5. The second-order valence-corrected chi connectivity index (χ2v) is 9.44. The van der Waals surface area contributed by atoms with Gasteiger partial charge in [-0.15, -0.1) is 0 Å². The van der Waals surface area contributed by atoms with Gasteiger partial charge in [0.15, 0.2) is 0 Å². The Balaban J connectivity index is 1.25. The van der Waals surface area contributed by atoms with E-state index in [1.807, 2.05) is 19.2 Å². The third-order valence-electron chi connectivity index (χ3n) is 6.88. The molecule has 1 fully saturated rings. The Morgan fingerprint density at radius 1 is 0.943 bits per heavy atom. The number of ether oxygens (including phenoxy) is 1. The van der Waals surface area contributed by atoms with Crippen LogP contribution in [0.15, 0.2) is 73.1 Å². The highest BCUT2D eigenvalue weighted by molar-refractivity contribution is 5.86. The molecule has 2 aromatic heterocycles. The van der Waals surface area contributed by atoms with Crippen molar-refractivity contribution in [3.8, 4) is 5.69 Å². The first-order valence-corrected chi connectivity index (χ1v) is 12.6. The fourth-order valence-corrected chi connectivity index (χ4v) is 4.79. The van der Waals surface area contributed by atoms with Gasteiger partial charge in [-0.25, -0.2) is 0 Å². The molecule has 0 atom stereocenters. The van der Waals surface area contributed by atoms with Crippen LogP contribution in [-0.4, -0.2) is 53.1 Å². The van der Waals surface area contributed by atoms with Crippen molar-refractivity contribution in [3.63, 3.8) is 0 Å². The maximum Gasteiger partial charge on any atom is 0.137 e. The second kappa shape index (κ2) is 11.0. The Morgan fingerprint density at radius 2 is 1.71 bits per heavy atom. The number of morpholine rings is 1. The lowest BCUT2D eigenvalue weighted by Crippen LogP contribution is -2.37. The van der Waals surface area contributed by atoms with Crippen molar-refractivity contribution in [1.29, 1.82) is 0 Å². The average Bonchev–Trinajstić information content (AvgIpc) is 3.27. The van der Waals surface area contributed by atoms with Gasteiger partial charge in [-0.3, -0.25) is 14.7 Å². The number of fused-ring (bicyclic) bond motifs is 1. The largest absolute Gasteiger partial charge is 0.379 e. The second-order valence-electron chi connectivity index (χ2n) is 9.44. The molecule has 1 saturated heterocycles. The molecule has 5 heteroatoms. The summed E-state index contributed by atoms with van der Waals surface area (Å²) in [5.41, 5.74) is 6.89. The number of pyridine rings is 1. The lowest BCUT2D eigenvalue weighted by atomic mass is 10.0. The molecule has 180 valence electrons. The Hall–Kier alpha value is -3.28. The van der Waals surface area contributed by atoms with Crippen molar-refractivity contribution in [2.45, 2.75) is 32.6 Å². The van der Waals surface area contributed by atoms with Crippen LogP contribution in [0.5, 0.6) is 0 Å². The minimum absolute atomic E-state index is 0.259. The van der Waals surface area contributed by atoms with Crippen LogP contribution in [0.3, 0.4) is 0 Å². The van der Waals surface area contributed by atoms with E-state index in [9.17, 15) is 4.79 Å². The molecule has 5 rings (SSSR count). The summed E-state index contributed by atoms with van der Waals surface area (Å²) in [5.74, 6) is 0.259. The number of rotatable bonds is 9. The quantitative estimate of drug-likeness (QED) is 0.349. The molecule has 3 heterocycles. The monoisotopic (exact) mass is 467 g/mol. The molecule has 1 aliphatic heterocycles. The number of carbonyl (C=O) groups is 1. The van der Waals surface area contributed by atoms with Crippen molar-refractivity contribution in [2.24, 2.45) is 0 Å². The fraction of sp³-hybridized carbons (Fsp3) is 0.333. The van der Waals surface area contributed by atoms with Crippen molar-refractivity contribution < 1.29 is 9.53 Å². The van der Waals surface area contributed by atoms with Gasteiger partial charge in [0, 0.05) is 61.6 Å². The number of hydrogen-bond donors (Lipinski definition) is 0. The number of ketones is 1. The minimum atomic E-state index is 0.259. The molecule has 0 spiro atoms. The molecule has 0 radical (unpaired) electrons. The number of benzene rings is 2. The van der Waals surface area contributed by atoms with E-state index < -0.39 is 0 Å². The number of aryl methyl sites for hydroxylation is 2. The van der Waals surface area contributed by atoms with E-state index in [0.717, 1.165) is 68.2 Å². The Kier molecular flexibility index (Phi) is 7.36.